The number of fused-ring (bicyclic) bond motifs is 3. The summed E-state index contributed by atoms with van der Waals surface area (Å²) in [5, 5.41) is 2.52. The maximum atomic E-state index is 12.7. The van der Waals surface area contributed by atoms with Crippen molar-refractivity contribution in [1.29, 1.82) is 0 Å². The lowest BCUT2D eigenvalue weighted by atomic mass is 10.1. The highest BCUT2D eigenvalue weighted by Gasteiger charge is 2.17. The van der Waals surface area contributed by atoms with Crippen LogP contribution in [0.4, 0.5) is 0 Å². The van der Waals surface area contributed by atoms with Crippen molar-refractivity contribution >= 4 is 39.4 Å². The Morgan fingerprint density at radius 2 is 1.78 bits per heavy atom. The van der Waals surface area contributed by atoms with Crippen molar-refractivity contribution in [3.63, 3.8) is 0 Å². The average Bonchev–Trinajstić information content (AvgIpc) is 2.88. The van der Waals surface area contributed by atoms with Crippen molar-refractivity contribution in [3.8, 4) is 0 Å². The molecule has 0 N–H and O–H groups in total. The van der Waals surface area contributed by atoms with Gasteiger partial charge in [-0.05, 0) is 49.2 Å². The minimum atomic E-state index is 0.0551. The Morgan fingerprint density at radius 3 is 2.43 bits per heavy atom. The van der Waals surface area contributed by atoms with Gasteiger partial charge in [-0.2, -0.15) is 0 Å². The van der Waals surface area contributed by atoms with Crippen molar-refractivity contribution in [1.82, 2.24) is 4.90 Å². The summed E-state index contributed by atoms with van der Waals surface area (Å²) in [6.07, 6.45) is 0. The van der Waals surface area contributed by atoms with Crippen LogP contribution in [0.2, 0.25) is 5.02 Å². The van der Waals surface area contributed by atoms with Gasteiger partial charge in [0.05, 0.1) is 0 Å². The lowest BCUT2D eigenvalue weighted by Gasteiger charge is -2.23. The van der Waals surface area contributed by atoms with Crippen LogP contribution >= 0.6 is 11.6 Å². The Morgan fingerprint density at radius 1 is 1.13 bits per heavy atom. The van der Waals surface area contributed by atoms with Crippen LogP contribution in [-0.4, -0.2) is 23.9 Å². The van der Waals surface area contributed by atoms with Crippen molar-refractivity contribution < 1.29 is 9.21 Å². The van der Waals surface area contributed by atoms with Crippen LogP contribution in [0.1, 0.15) is 31.1 Å². The number of amides is 1. The first-order chi connectivity index (χ1) is 11.0. The van der Waals surface area contributed by atoms with Gasteiger partial charge in [0, 0.05) is 34.4 Å². The van der Waals surface area contributed by atoms with Gasteiger partial charge < -0.3 is 9.32 Å². The summed E-state index contributed by atoms with van der Waals surface area (Å²) < 4.78 is 5.81. The molecule has 0 unspecified atom stereocenters. The van der Waals surface area contributed by atoms with Gasteiger partial charge in [-0.15, -0.1) is 0 Å². The molecule has 0 atom stereocenters. The van der Waals surface area contributed by atoms with Gasteiger partial charge in [-0.25, -0.2) is 0 Å². The van der Waals surface area contributed by atoms with Crippen LogP contribution in [-0.2, 0) is 0 Å². The Kier molecular flexibility index (Phi) is 4.31. The smallest absolute Gasteiger partial charge is 0.253 e. The fraction of sp³-hybridized carbons (Fsp3) is 0.316. The van der Waals surface area contributed by atoms with Gasteiger partial charge in [-0.3, -0.25) is 4.79 Å². The largest absolute Gasteiger partial charge is 0.456 e. The van der Waals surface area contributed by atoms with E-state index >= 15 is 0 Å². The molecule has 23 heavy (non-hydrogen) atoms. The Labute approximate surface area is 140 Å². The normalized spacial score (nSPS) is 11.5. The molecule has 4 heteroatoms. The molecule has 0 aliphatic heterocycles. The molecule has 120 valence electrons. The molecule has 0 saturated carbocycles. The maximum absolute atomic E-state index is 12.7. The van der Waals surface area contributed by atoms with Crippen molar-refractivity contribution in [3.05, 3.63) is 47.0 Å². The monoisotopic (exact) mass is 329 g/mol. The number of carbonyl (C=O) groups excluding carboxylic acids is 1. The topological polar surface area (TPSA) is 33.5 Å². The molecule has 1 heterocycles. The van der Waals surface area contributed by atoms with E-state index in [0.29, 0.717) is 23.0 Å². The molecule has 3 nitrogen and oxygen atoms in total. The van der Waals surface area contributed by atoms with Crippen molar-refractivity contribution in [2.75, 3.05) is 13.1 Å². The third-order valence-electron chi connectivity index (χ3n) is 3.93. The molecule has 3 rings (SSSR count). The van der Waals surface area contributed by atoms with Gasteiger partial charge in [0.1, 0.15) is 11.2 Å². The predicted octanol–water partition coefficient (Wildman–Crippen LogP) is 5.36. The number of furan rings is 1. The van der Waals surface area contributed by atoms with Gasteiger partial charge in [-0.1, -0.05) is 25.4 Å². The van der Waals surface area contributed by atoms with E-state index in [9.17, 15) is 4.79 Å². The van der Waals surface area contributed by atoms with Crippen LogP contribution in [0.15, 0.2) is 40.8 Å². The van der Waals surface area contributed by atoms with Gasteiger partial charge in [0.2, 0.25) is 0 Å². The second kappa shape index (κ2) is 6.25. The standard InChI is InChI=1S/C19H20ClNO2/c1-4-21(11-12(2)3)19(22)13-5-7-17-15(9-13)16-10-14(20)6-8-18(16)23-17/h5-10,12H,4,11H2,1-3H3. The Balaban J connectivity index is 2.06. The van der Waals surface area contributed by atoms with Gasteiger partial charge >= 0.3 is 0 Å². The predicted molar refractivity (Wildman–Crippen MR) is 95.1 cm³/mol. The summed E-state index contributed by atoms with van der Waals surface area (Å²) >= 11 is 6.09. The third kappa shape index (κ3) is 3.06. The highest BCUT2D eigenvalue weighted by Crippen LogP contribution is 2.31. The SMILES string of the molecule is CCN(CC(C)C)C(=O)c1ccc2oc3ccc(Cl)cc3c2c1. The minimum Gasteiger partial charge on any atom is -0.456 e. The first-order valence-corrected chi connectivity index (χ1v) is 8.28. The van der Waals surface area contributed by atoms with E-state index in [1.54, 1.807) is 6.07 Å². The maximum Gasteiger partial charge on any atom is 0.253 e. The molecule has 1 amide bonds. The van der Waals surface area contributed by atoms with E-state index < -0.39 is 0 Å². The summed E-state index contributed by atoms with van der Waals surface area (Å²) in [6.45, 7) is 7.69. The highest BCUT2D eigenvalue weighted by molar-refractivity contribution is 6.31. The summed E-state index contributed by atoms with van der Waals surface area (Å²) in [6, 6.07) is 11.1. The summed E-state index contributed by atoms with van der Waals surface area (Å²) in [5.41, 5.74) is 2.23. The molecule has 0 aliphatic carbocycles. The zero-order chi connectivity index (χ0) is 16.6. The van der Waals surface area contributed by atoms with Crippen LogP contribution in [0, 0.1) is 5.92 Å². The number of hydrogen-bond donors (Lipinski definition) is 0. The van der Waals surface area contributed by atoms with E-state index in [4.69, 9.17) is 16.0 Å². The van der Waals surface area contributed by atoms with Crippen LogP contribution < -0.4 is 0 Å². The van der Waals surface area contributed by atoms with E-state index in [2.05, 4.69) is 13.8 Å². The molecule has 0 bridgehead atoms. The Bertz CT molecular complexity index is 866. The lowest BCUT2D eigenvalue weighted by Crippen LogP contribution is -2.33. The second-order valence-corrected chi connectivity index (χ2v) is 6.63. The molecule has 2 aromatic carbocycles. The number of benzene rings is 2. The zero-order valence-electron chi connectivity index (χ0n) is 13.6. The van der Waals surface area contributed by atoms with Crippen molar-refractivity contribution in [2.45, 2.75) is 20.8 Å². The van der Waals surface area contributed by atoms with Crippen LogP contribution in [0.3, 0.4) is 0 Å². The van der Waals surface area contributed by atoms with E-state index in [1.165, 1.54) is 0 Å². The van der Waals surface area contributed by atoms with Gasteiger partial charge in [0.15, 0.2) is 0 Å². The zero-order valence-corrected chi connectivity index (χ0v) is 14.4. The van der Waals surface area contributed by atoms with Crippen molar-refractivity contribution in [2.24, 2.45) is 5.92 Å². The summed E-state index contributed by atoms with van der Waals surface area (Å²) in [4.78, 5) is 14.6. The Hall–Kier alpha value is -2.00. The first-order valence-electron chi connectivity index (χ1n) is 7.90. The molecular formula is C19H20ClNO2. The van der Waals surface area contributed by atoms with Crippen LogP contribution in [0.25, 0.3) is 21.9 Å². The molecule has 0 radical (unpaired) electrons. The molecule has 0 fully saturated rings. The molecule has 3 aromatic rings. The average molecular weight is 330 g/mol. The quantitative estimate of drug-likeness (QED) is 0.645. The summed E-state index contributed by atoms with van der Waals surface area (Å²) in [5.74, 6) is 0.496. The van der Waals surface area contributed by atoms with Gasteiger partial charge in [0.25, 0.3) is 5.91 Å². The van der Waals surface area contributed by atoms with Crippen LogP contribution in [0.5, 0.6) is 0 Å². The minimum absolute atomic E-state index is 0.0551. The number of rotatable bonds is 4. The molecule has 0 saturated heterocycles. The van der Waals surface area contributed by atoms with E-state index in [-0.39, 0.29) is 5.91 Å². The van der Waals surface area contributed by atoms with E-state index in [1.807, 2.05) is 42.2 Å². The molecule has 1 aromatic heterocycles. The molecule has 0 aliphatic rings. The number of carbonyl (C=O) groups is 1. The lowest BCUT2D eigenvalue weighted by molar-refractivity contribution is 0.0746. The fourth-order valence-electron chi connectivity index (χ4n) is 2.86. The number of nitrogens with zero attached hydrogens (tertiary/aromatic N) is 1. The summed E-state index contributed by atoms with van der Waals surface area (Å²) in [7, 11) is 0. The third-order valence-corrected chi connectivity index (χ3v) is 4.17. The second-order valence-electron chi connectivity index (χ2n) is 6.19. The highest BCUT2D eigenvalue weighted by atomic mass is 35.5. The fourth-order valence-corrected chi connectivity index (χ4v) is 3.03. The van der Waals surface area contributed by atoms with E-state index in [0.717, 1.165) is 28.5 Å². The number of hydrogen-bond acceptors (Lipinski definition) is 2. The molecule has 0 spiro atoms. The first kappa shape index (κ1) is 15.9. The number of halogens is 1. The molecular weight excluding hydrogens is 310 g/mol.